The number of nitrogens with zero attached hydrogens (tertiary/aromatic N) is 1. The van der Waals surface area contributed by atoms with E-state index in [1.165, 1.54) is 0 Å². The topological polar surface area (TPSA) is 55.7 Å². The second-order valence-corrected chi connectivity index (χ2v) is 5.44. The van der Waals surface area contributed by atoms with Gasteiger partial charge in [0.1, 0.15) is 5.71 Å². The molecule has 1 aliphatic carbocycles. The van der Waals surface area contributed by atoms with Crippen molar-refractivity contribution in [2.45, 2.75) is 13.8 Å². The van der Waals surface area contributed by atoms with Crippen molar-refractivity contribution in [3.05, 3.63) is 71.3 Å². The molecule has 0 amide bonds. The summed E-state index contributed by atoms with van der Waals surface area (Å²) in [5.41, 5.74) is 2.03. The van der Waals surface area contributed by atoms with Crippen LogP contribution in [0.4, 0.5) is 0 Å². The van der Waals surface area contributed by atoms with E-state index in [1.54, 1.807) is 38.1 Å². The van der Waals surface area contributed by atoms with Crippen LogP contribution in [0.25, 0.3) is 10.8 Å². The van der Waals surface area contributed by atoms with Crippen LogP contribution in [0.3, 0.4) is 0 Å². The molecule has 114 valence electrons. The molecule has 2 aromatic carbocycles. The summed E-state index contributed by atoms with van der Waals surface area (Å²) in [5.74, 6) is -0.554. The van der Waals surface area contributed by atoms with E-state index in [2.05, 4.69) is 5.16 Å². The molecule has 0 radical (unpaired) electrons. The molecule has 1 aliphatic rings. The smallest absolute Gasteiger partial charge is 0.312 e. The van der Waals surface area contributed by atoms with Gasteiger partial charge in [-0.3, -0.25) is 4.79 Å². The van der Waals surface area contributed by atoms with E-state index in [0.29, 0.717) is 22.4 Å². The lowest BCUT2D eigenvalue weighted by Gasteiger charge is -2.08. The van der Waals surface area contributed by atoms with Gasteiger partial charge in [0.15, 0.2) is 5.78 Å². The lowest BCUT2D eigenvalue weighted by atomic mass is 9.98. The highest BCUT2D eigenvalue weighted by Gasteiger charge is 2.15. The van der Waals surface area contributed by atoms with Crippen LogP contribution in [-0.2, 0) is 9.63 Å². The molecular formula is C19H15NO3. The number of rotatable bonds is 2. The van der Waals surface area contributed by atoms with Crippen LogP contribution in [0.5, 0.6) is 0 Å². The zero-order chi connectivity index (χ0) is 16.4. The third kappa shape index (κ3) is 3.11. The Balaban J connectivity index is 1.81. The van der Waals surface area contributed by atoms with Crippen LogP contribution >= 0.6 is 0 Å². The van der Waals surface area contributed by atoms with Gasteiger partial charge in [-0.25, -0.2) is 4.79 Å². The molecule has 23 heavy (non-hydrogen) atoms. The Morgan fingerprint density at radius 1 is 0.957 bits per heavy atom. The number of oxime groups is 1. The molecule has 0 atom stereocenters. The minimum atomic E-state index is -0.530. The zero-order valence-electron chi connectivity index (χ0n) is 12.9. The highest BCUT2D eigenvalue weighted by atomic mass is 16.7. The van der Waals surface area contributed by atoms with Gasteiger partial charge in [0, 0.05) is 0 Å². The number of carbonyl (C=O) groups excluding carboxylic acids is 2. The highest BCUT2D eigenvalue weighted by molar-refractivity contribution is 6.21. The quantitative estimate of drug-likeness (QED) is 0.481. The minimum absolute atomic E-state index is 0.0233. The van der Waals surface area contributed by atoms with Crippen LogP contribution < -0.4 is 0 Å². The van der Waals surface area contributed by atoms with E-state index in [-0.39, 0.29) is 5.78 Å². The van der Waals surface area contributed by atoms with Crippen LogP contribution in [-0.4, -0.2) is 17.5 Å². The predicted octanol–water partition coefficient (Wildman–Crippen LogP) is 3.83. The van der Waals surface area contributed by atoms with Crippen molar-refractivity contribution in [2.75, 3.05) is 0 Å². The fourth-order valence-electron chi connectivity index (χ4n) is 2.44. The molecule has 0 saturated carbocycles. The first-order valence-corrected chi connectivity index (χ1v) is 7.24. The molecular weight excluding hydrogens is 290 g/mol. The largest absolute Gasteiger partial charge is 0.365 e. The molecule has 0 spiro atoms. The maximum absolute atomic E-state index is 12.1. The zero-order valence-corrected chi connectivity index (χ0v) is 12.9. The summed E-state index contributed by atoms with van der Waals surface area (Å²) >= 11 is 0. The van der Waals surface area contributed by atoms with Gasteiger partial charge in [0.25, 0.3) is 0 Å². The summed E-state index contributed by atoms with van der Waals surface area (Å²) in [7, 11) is 0. The Labute approximate surface area is 133 Å². The van der Waals surface area contributed by atoms with Gasteiger partial charge in [-0.1, -0.05) is 35.5 Å². The molecule has 4 nitrogen and oxygen atoms in total. The lowest BCUT2D eigenvalue weighted by Crippen LogP contribution is -2.11. The summed E-state index contributed by atoms with van der Waals surface area (Å²) in [4.78, 5) is 28.8. The number of allylic oxidation sites excluding steroid dienone is 4. The molecule has 2 aromatic rings. The van der Waals surface area contributed by atoms with Crippen molar-refractivity contribution in [3.8, 4) is 0 Å². The number of carbonyl (C=O) groups is 2. The molecule has 4 heteroatoms. The van der Waals surface area contributed by atoms with Gasteiger partial charge < -0.3 is 4.84 Å². The van der Waals surface area contributed by atoms with Crippen molar-refractivity contribution in [3.63, 3.8) is 0 Å². The first-order valence-electron chi connectivity index (χ1n) is 7.24. The van der Waals surface area contributed by atoms with E-state index >= 15 is 0 Å². The van der Waals surface area contributed by atoms with Gasteiger partial charge in [0.05, 0.1) is 5.56 Å². The Bertz CT molecular complexity index is 880. The number of benzene rings is 2. The monoisotopic (exact) mass is 305 g/mol. The summed E-state index contributed by atoms with van der Waals surface area (Å²) < 4.78 is 0. The number of Topliss-reactive ketones (excluding diaryl/α,β-unsaturated/α-hetero) is 1. The molecule has 0 fully saturated rings. The van der Waals surface area contributed by atoms with Gasteiger partial charge in [-0.05, 0) is 60.1 Å². The van der Waals surface area contributed by atoms with Crippen molar-refractivity contribution < 1.29 is 14.4 Å². The molecule has 0 aromatic heterocycles. The van der Waals surface area contributed by atoms with Gasteiger partial charge in [-0.2, -0.15) is 0 Å². The fraction of sp³-hybridized carbons (Fsp3) is 0.105. The van der Waals surface area contributed by atoms with E-state index in [0.717, 1.165) is 10.8 Å². The predicted molar refractivity (Wildman–Crippen MR) is 89.3 cm³/mol. The van der Waals surface area contributed by atoms with Crippen molar-refractivity contribution in [1.29, 1.82) is 0 Å². The maximum Gasteiger partial charge on any atom is 0.365 e. The number of hydrogen-bond acceptors (Lipinski definition) is 4. The SMILES string of the molecule is CC1=CC(=NOC(=O)c2ccc3ccccc3c2)C=C(C)C1=O. The second kappa shape index (κ2) is 6.01. The second-order valence-electron chi connectivity index (χ2n) is 5.44. The number of ketones is 1. The molecule has 3 rings (SSSR count). The van der Waals surface area contributed by atoms with Crippen molar-refractivity contribution in [2.24, 2.45) is 5.16 Å². The standard InChI is InChI=1S/C19H15NO3/c1-12-9-17(10-13(2)18(12)21)20-23-19(22)16-8-7-14-5-3-4-6-15(14)11-16/h3-11H,1-2H3. The number of hydrogen-bond donors (Lipinski definition) is 0. The molecule has 0 bridgehead atoms. The van der Waals surface area contributed by atoms with Crippen molar-refractivity contribution >= 4 is 28.2 Å². The average Bonchev–Trinajstić information content (AvgIpc) is 2.57. The first kappa shape index (κ1) is 14.9. The third-order valence-electron chi connectivity index (χ3n) is 3.66. The van der Waals surface area contributed by atoms with Crippen LogP contribution in [0, 0.1) is 0 Å². The Morgan fingerprint density at radius 2 is 1.61 bits per heavy atom. The molecule has 0 aliphatic heterocycles. The van der Waals surface area contributed by atoms with Crippen molar-refractivity contribution in [1.82, 2.24) is 0 Å². The molecule has 0 N–H and O–H groups in total. The summed E-state index contributed by atoms with van der Waals surface area (Å²) in [6, 6.07) is 13.1. The Morgan fingerprint density at radius 3 is 2.30 bits per heavy atom. The van der Waals surface area contributed by atoms with E-state index < -0.39 is 5.97 Å². The Kier molecular flexibility index (Phi) is 3.89. The van der Waals surface area contributed by atoms with E-state index in [1.807, 2.05) is 30.3 Å². The van der Waals surface area contributed by atoms with Crippen LogP contribution in [0.1, 0.15) is 24.2 Å². The third-order valence-corrected chi connectivity index (χ3v) is 3.66. The summed E-state index contributed by atoms with van der Waals surface area (Å²) in [5, 5.41) is 5.85. The molecule has 0 heterocycles. The normalized spacial score (nSPS) is 14.3. The Hall–Kier alpha value is -3.01. The average molecular weight is 305 g/mol. The highest BCUT2D eigenvalue weighted by Crippen LogP contribution is 2.17. The van der Waals surface area contributed by atoms with E-state index in [4.69, 9.17) is 4.84 Å². The number of fused-ring (bicyclic) bond motifs is 1. The van der Waals surface area contributed by atoms with Gasteiger partial charge in [-0.15, -0.1) is 0 Å². The fourth-order valence-corrected chi connectivity index (χ4v) is 2.44. The molecule has 0 saturated heterocycles. The van der Waals surface area contributed by atoms with Crippen LogP contribution in [0.2, 0.25) is 0 Å². The van der Waals surface area contributed by atoms with Crippen LogP contribution in [0.15, 0.2) is 70.9 Å². The van der Waals surface area contributed by atoms with Gasteiger partial charge in [0.2, 0.25) is 0 Å². The summed E-state index contributed by atoms with van der Waals surface area (Å²) in [6.45, 7) is 3.42. The molecule has 0 unspecified atom stereocenters. The maximum atomic E-state index is 12.1. The van der Waals surface area contributed by atoms with E-state index in [9.17, 15) is 9.59 Å². The lowest BCUT2D eigenvalue weighted by molar-refractivity contribution is -0.112. The van der Waals surface area contributed by atoms with Gasteiger partial charge >= 0.3 is 5.97 Å². The first-order chi connectivity index (χ1) is 11.0. The minimum Gasteiger partial charge on any atom is -0.312 e. The summed E-state index contributed by atoms with van der Waals surface area (Å²) in [6.07, 6.45) is 3.20.